The molecule has 0 saturated carbocycles. The molecule has 1 saturated heterocycles. The van der Waals surface area contributed by atoms with Crippen LogP contribution in [0.25, 0.3) is 6.08 Å². The van der Waals surface area contributed by atoms with Crippen LogP contribution in [0.2, 0.25) is 0 Å². The molecule has 6 heteroatoms. The second kappa shape index (κ2) is 9.78. The van der Waals surface area contributed by atoms with E-state index >= 15 is 0 Å². The van der Waals surface area contributed by atoms with Crippen molar-refractivity contribution in [1.82, 2.24) is 9.47 Å². The molecule has 0 aliphatic carbocycles. The highest BCUT2D eigenvalue weighted by molar-refractivity contribution is 5.99. The number of esters is 1. The van der Waals surface area contributed by atoms with Crippen LogP contribution in [0.3, 0.4) is 0 Å². The van der Waals surface area contributed by atoms with Gasteiger partial charge in [0.2, 0.25) is 0 Å². The van der Waals surface area contributed by atoms with Crippen molar-refractivity contribution in [1.29, 1.82) is 5.26 Å². The molecule has 0 radical (unpaired) electrons. The summed E-state index contributed by atoms with van der Waals surface area (Å²) in [5.74, 6) is 0.406. The largest absolute Gasteiger partial charge is 0.451 e. The third-order valence-corrected chi connectivity index (χ3v) is 5.35. The first-order valence-corrected chi connectivity index (χ1v) is 10.4. The van der Waals surface area contributed by atoms with Crippen molar-refractivity contribution in [3.8, 4) is 6.07 Å². The van der Waals surface area contributed by atoms with Gasteiger partial charge in [-0.25, -0.2) is 4.79 Å². The lowest BCUT2D eigenvalue weighted by atomic mass is 9.92. The van der Waals surface area contributed by atoms with Crippen LogP contribution in [0.5, 0.6) is 0 Å². The number of ether oxygens (including phenoxy) is 1. The van der Waals surface area contributed by atoms with E-state index in [1.165, 1.54) is 0 Å². The van der Waals surface area contributed by atoms with Crippen LogP contribution in [0.15, 0.2) is 11.6 Å². The summed E-state index contributed by atoms with van der Waals surface area (Å²) in [5.41, 5.74) is 2.81. The van der Waals surface area contributed by atoms with Crippen molar-refractivity contribution >= 4 is 18.0 Å². The highest BCUT2D eigenvalue weighted by Crippen LogP contribution is 2.22. The molecule has 2 rings (SSSR count). The molecule has 158 valence electrons. The smallest absolute Gasteiger partial charge is 0.349 e. The zero-order valence-corrected chi connectivity index (χ0v) is 18.5. The van der Waals surface area contributed by atoms with Gasteiger partial charge in [0.25, 0.3) is 5.91 Å². The second-order valence-corrected chi connectivity index (χ2v) is 8.82. The summed E-state index contributed by atoms with van der Waals surface area (Å²) in [7, 11) is 0. The topological polar surface area (TPSA) is 75.3 Å². The van der Waals surface area contributed by atoms with Gasteiger partial charge >= 0.3 is 5.97 Å². The normalized spacial score (nSPS) is 19.9. The van der Waals surface area contributed by atoms with E-state index in [1.54, 1.807) is 11.0 Å². The van der Waals surface area contributed by atoms with Crippen molar-refractivity contribution in [2.24, 2.45) is 17.8 Å². The number of hydrogen-bond donors (Lipinski definition) is 0. The first-order chi connectivity index (χ1) is 13.6. The molecule has 2 heterocycles. The zero-order valence-electron chi connectivity index (χ0n) is 18.5. The molecule has 1 fully saturated rings. The summed E-state index contributed by atoms with van der Waals surface area (Å²) in [5, 5.41) is 9.43. The van der Waals surface area contributed by atoms with Gasteiger partial charge in [0.05, 0.1) is 0 Å². The molecule has 0 N–H and O–H groups in total. The van der Waals surface area contributed by atoms with Gasteiger partial charge < -0.3 is 14.2 Å². The Bertz CT molecular complexity index is 819. The van der Waals surface area contributed by atoms with Crippen LogP contribution >= 0.6 is 0 Å². The van der Waals surface area contributed by atoms with Gasteiger partial charge in [0.15, 0.2) is 6.61 Å². The number of rotatable bonds is 6. The standard InChI is InChI=1S/C23H33N3O3/c1-15(2)11-26-18(5)8-20(19(26)6)9-21(10-24)23(28)29-14-22(27)25-12-16(3)7-17(4)13-25/h8-9,15-17H,7,11-14H2,1-6H3/b21-9+/t16-,17-/m0/s1. The number of aromatic nitrogens is 1. The maximum absolute atomic E-state index is 12.4. The Morgan fingerprint density at radius 2 is 1.90 bits per heavy atom. The number of piperidine rings is 1. The Kier molecular flexibility index (Phi) is 7.66. The fourth-order valence-corrected chi connectivity index (χ4v) is 4.08. The Morgan fingerprint density at radius 1 is 1.28 bits per heavy atom. The van der Waals surface area contributed by atoms with Crippen LogP contribution in [0.1, 0.15) is 51.1 Å². The van der Waals surface area contributed by atoms with E-state index in [0.717, 1.165) is 29.9 Å². The zero-order chi connectivity index (χ0) is 21.7. The highest BCUT2D eigenvalue weighted by atomic mass is 16.5. The average molecular weight is 400 g/mol. The molecule has 0 aromatic carbocycles. The molecule has 1 aliphatic heterocycles. The molecule has 0 spiro atoms. The van der Waals surface area contributed by atoms with Crippen molar-refractivity contribution in [2.45, 2.75) is 54.5 Å². The Morgan fingerprint density at radius 3 is 2.45 bits per heavy atom. The van der Waals surface area contributed by atoms with Crippen LogP contribution in [-0.4, -0.2) is 41.0 Å². The monoisotopic (exact) mass is 399 g/mol. The summed E-state index contributed by atoms with van der Waals surface area (Å²) in [6.07, 6.45) is 2.65. The van der Waals surface area contributed by atoms with Crippen molar-refractivity contribution in [3.05, 3.63) is 28.6 Å². The van der Waals surface area contributed by atoms with E-state index in [1.807, 2.05) is 26.0 Å². The molecule has 2 atom stereocenters. The fourth-order valence-electron chi connectivity index (χ4n) is 4.08. The van der Waals surface area contributed by atoms with Gasteiger partial charge in [0.1, 0.15) is 11.6 Å². The lowest BCUT2D eigenvalue weighted by molar-refractivity contribution is -0.149. The number of aryl methyl sites for hydroxylation is 1. The molecular weight excluding hydrogens is 366 g/mol. The third-order valence-electron chi connectivity index (χ3n) is 5.35. The van der Waals surface area contributed by atoms with Gasteiger partial charge in [-0.2, -0.15) is 5.26 Å². The minimum atomic E-state index is -0.757. The van der Waals surface area contributed by atoms with Crippen LogP contribution in [0, 0.1) is 42.9 Å². The lowest BCUT2D eigenvalue weighted by Gasteiger charge is -2.34. The van der Waals surface area contributed by atoms with E-state index in [4.69, 9.17) is 4.74 Å². The van der Waals surface area contributed by atoms with Gasteiger partial charge in [-0.15, -0.1) is 0 Å². The number of hydrogen-bond acceptors (Lipinski definition) is 4. The predicted molar refractivity (Wildman–Crippen MR) is 113 cm³/mol. The molecule has 6 nitrogen and oxygen atoms in total. The SMILES string of the molecule is Cc1cc(/C=C(\C#N)C(=O)OCC(=O)N2C[C@@H](C)C[C@H](C)C2)c(C)n1CC(C)C. The van der Waals surface area contributed by atoms with Crippen molar-refractivity contribution in [3.63, 3.8) is 0 Å². The molecule has 0 unspecified atom stereocenters. The number of carbonyl (C=O) groups excluding carboxylic acids is 2. The molecule has 1 aromatic rings. The fraction of sp³-hybridized carbons (Fsp3) is 0.609. The van der Waals surface area contributed by atoms with Crippen molar-refractivity contribution < 1.29 is 14.3 Å². The van der Waals surface area contributed by atoms with Gasteiger partial charge in [-0.3, -0.25) is 4.79 Å². The summed E-state index contributed by atoms with van der Waals surface area (Å²) in [6.45, 7) is 14.4. The predicted octanol–water partition coefficient (Wildman–Crippen LogP) is 3.72. The highest BCUT2D eigenvalue weighted by Gasteiger charge is 2.26. The number of amides is 1. The number of nitrogens with zero attached hydrogens (tertiary/aromatic N) is 3. The van der Waals surface area contributed by atoms with Crippen LogP contribution in [0.4, 0.5) is 0 Å². The van der Waals surface area contributed by atoms with Gasteiger partial charge in [-0.1, -0.05) is 27.7 Å². The first-order valence-electron chi connectivity index (χ1n) is 10.4. The quantitative estimate of drug-likeness (QED) is 0.415. The Labute approximate surface area is 174 Å². The first kappa shape index (κ1) is 22.7. The van der Waals surface area contributed by atoms with Crippen LogP contribution in [-0.2, 0) is 20.9 Å². The molecule has 1 aliphatic rings. The molecule has 1 aromatic heterocycles. The Hall–Kier alpha value is -2.55. The molecular formula is C23H33N3O3. The molecule has 29 heavy (non-hydrogen) atoms. The van der Waals surface area contributed by atoms with Crippen LogP contribution < -0.4 is 0 Å². The maximum atomic E-state index is 12.4. The lowest BCUT2D eigenvalue weighted by Crippen LogP contribution is -2.44. The maximum Gasteiger partial charge on any atom is 0.349 e. The number of carbonyl (C=O) groups is 2. The molecule has 0 bridgehead atoms. The molecule has 1 amide bonds. The van der Waals surface area contributed by atoms with Crippen molar-refractivity contribution in [2.75, 3.05) is 19.7 Å². The average Bonchev–Trinajstić information content (AvgIpc) is 2.90. The summed E-state index contributed by atoms with van der Waals surface area (Å²) in [4.78, 5) is 26.5. The van der Waals surface area contributed by atoms with E-state index in [0.29, 0.717) is 30.8 Å². The summed E-state index contributed by atoms with van der Waals surface area (Å²) >= 11 is 0. The van der Waals surface area contributed by atoms with Gasteiger partial charge in [-0.05, 0) is 55.7 Å². The minimum absolute atomic E-state index is 0.0945. The number of nitriles is 1. The summed E-state index contributed by atoms with van der Waals surface area (Å²) in [6, 6.07) is 3.88. The third kappa shape index (κ3) is 5.96. The Balaban J connectivity index is 2.05. The second-order valence-electron chi connectivity index (χ2n) is 8.82. The van der Waals surface area contributed by atoms with E-state index in [2.05, 4.69) is 32.3 Å². The van der Waals surface area contributed by atoms with E-state index in [-0.39, 0.29) is 18.1 Å². The minimum Gasteiger partial charge on any atom is -0.451 e. The number of likely N-dealkylation sites (tertiary alicyclic amines) is 1. The summed E-state index contributed by atoms with van der Waals surface area (Å²) < 4.78 is 7.35. The van der Waals surface area contributed by atoms with Gasteiger partial charge in [0, 0.05) is 31.0 Å². The van der Waals surface area contributed by atoms with E-state index < -0.39 is 5.97 Å². The van der Waals surface area contributed by atoms with E-state index in [9.17, 15) is 14.9 Å².